The number of nitro groups is 1. The Morgan fingerprint density at radius 2 is 2.00 bits per heavy atom. The Morgan fingerprint density at radius 3 is 2.40 bits per heavy atom. The summed E-state index contributed by atoms with van der Waals surface area (Å²) >= 11 is 5.65. The van der Waals surface area contributed by atoms with Gasteiger partial charge in [-0.2, -0.15) is 0 Å². The lowest BCUT2D eigenvalue weighted by atomic mass is 9.85. The van der Waals surface area contributed by atoms with E-state index in [0.717, 1.165) is 11.1 Å². The van der Waals surface area contributed by atoms with Crippen molar-refractivity contribution in [3.05, 3.63) is 39.4 Å². The van der Waals surface area contributed by atoms with Crippen LogP contribution in [0.3, 0.4) is 0 Å². The highest BCUT2D eigenvalue weighted by atomic mass is 35.5. The fourth-order valence-corrected chi connectivity index (χ4v) is 1.61. The molecule has 0 aromatic heterocycles. The normalized spacial score (nSPS) is 11.5. The van der Waals surface area contributed by atoms with Crippen LogP contribution in [0.15, 0.2) is 18.2 Å². The molecule has 0 aliphatic carbocycles. The predicted octanol–water partition coefficient (Wildman–Crippen LogP) is 3.63. The molecule has 4 heteroatoms. The first kappa shape index (κ1) is 12.0. The van der Waals surface area contributed by atoms with Gasteiger partial charge in [-0.25, -0.2) is 0 Å². The lowest BCUT2D eigenvalue weighted by molar-refractivity contribution is -0.386. The van der Waals surface area contributed by atoms with Gasteiger partial charge in [-0.15, -0.1) is 11.6 Å². The second-order valence-electron chi connectivity index (χ2n) is 4.49. The van der Waals surface area contributed by atoms with Gasteiger partial charge in [-0.05, 0) is 11.0 Å². The third-order valence-corrected chi connectivity index (χ3v) is 2.53. The quantitative estimate of drug-likeness (QED) is 0.440. The molecule has 0 heterocycles. The van der Waals surface area contributed by atoms with Crippen molar-refractivity contribution in [1.29, 1.82) is 0 Å². The Labute approximate surface area is 94.2 Å². The van der Waals surface area contributed by atoms with Crippen molar-refractivity contribution >= 4 is 17.3 Å². The van der Waals surface area contributed by atoms with Gasteiger partial charge in [0.1, 0.15) is 0 Å². The summed E-state index contributed by atoms with van der Waals surface area (Å²) < 4.78 is 0. The molecule has 1 aromatic carbocycles. The number of benzene rings is 1. The van der Waals surface area contributed by atoms with Gasteiger partial charge in [-0.1, -0.05) is 32.9 Å². The molecule has 0 spiro atoms. The monoisotopic (exact) mass is 227 g/mol. The zero-order chi connectivity index (χ0) is 11.6. The van der Waals surface area contributed by atoms with Crippen LogP contribution >= 0.6 is 11.6 Å². The molecular formula is C11H14ClNO2. The highest BCUT2D eigenvalue weighted by Gasteiger charge is 2.24. The molecule has 3 nitrogen and oxygen atoms in total. The van der Waals surface area contributed by atoms with Gasteiger partial charge in [0, 0.05) is 17.5 Å². The van der Waals surface area contributed by atoms with Crippen LogP contribution in [0.4, 0.5) is 5.69 Å². The molecule has 1 rings (SSSR count). The Hall–Kier alpha value is -1.09. The molecule has 0 saturated carbocycles. The van der Waals surface area contributed by atoms with Gasteiger partial charge in [0.05, 0.1) is 4.92 Å². The summed E-state index contributed by atoms with van der Waals surface area (Å²) in [6.45, 7) is 5.86. The average molecular weight is 228 g/mol. The highest BCUT2D eigenvalue weighted by molar-refractivity contribution is 6.17. The van der Waals surface area contributed by atoms with Crippen LogP contribution < -0.4 is 0 Å². The number of rotatable bonds is 2. The topological polar surface area (TPSA) is 43.1 Å². The van der Waals surface area contributed by atoms with E-state index in [2.05, 4.69) is 0 Å². The smallest absolute Gasteiger partial charge is 0.258 e. The van der Waals surface area contributed by atoms with Crippen molar-refractivity contribution in [1.82, 2.24) is 0 Å². The molecule has 0 saturated heterocycles. The molecule has 0 amide bonds. The fraction of sp³-hybridized carbons (Fsp3) is 0.455. The highest BCUT2D eigenvalue weighted by Crippen LogP contribution is 2.31. The predicted molar refractivity (Wildman–Crippen MR) is 61.4 cm³/mol. The van der Waals surface area contributed by atoms with Crippen LogP contribution in [0.1, 0.15) is 31.9 Å². The van der Waals surface area contributed by atoms with E-state index in [1.807, 2.05) is 26.8 Å². The molecule has 0 bridgehead atoms. The SMILES string of the molecule is CC(C)(C)c1ccc(CCl)cc1[N+](=O)[O-]. The van der Waals surface area contributed by atoms with Crippen LogP contribution in [-0.2, 0) is 11.3 Å². The number of halogens is 1. The van der Waals surface area contributed by atoms with E-state index < -0.39 is 0 Å². The number of alkyl halides is 1. The van der Waals surface area contributed by atoms with Crippen molar-refractivity contribution in [2.75, 3.05) is 0 Å². The summed E-state index contributed by atoms with van der Waals surface area (Å²) in [5, 5.41) is 10.9. The molecule has 15 heavy (non-hydrogen) atoms. The molecule has 1 aromatic rings. The first-order valence-corrected chi connectivity index (χ1v) is 5.23. The maximum Gasteiger partial charge on any atom is 0.273 e. The van der Waals surface area contributed by atoms with Gasteiger partial charge in [0.2, 0.25) is 0 Å². The Kier molecular flexibility index (Phi) is 3.35. The van der Waals surface area contributed by atoms with Gasteiger partial charge in [-0.3, -0.25) is 10.1 Å². The number of nitro benzene ring substituents is 1. The maximum absolute atomic E-state index is 10.9. The van der Waals surface area contributed by atoms with E-state index in [0.29, 0.717) is 5.88 Å². The Balaban J connectivity index is 3.34. The second kappa shape index (κ2) is 4.19. The Bertz CT molecular complexity index is 383. The minimum Gasteiger partial charge on any atom is -0.258 e. The van der Waals surface area contributed by atoms with E-state index >= 15 is 0 Å². The fourth-order valence-electron chi connectivity index (χ4n) is 1.45. The van der Waals surface area contributed by atoms with Crippen LogP contribution in [0.2, 0.25) is 0 Å². The van der Waals surface area contributed by atoms with E-state index in [4.69, 9.17) is 11.6 Å². The zero-order valence-corrected chi connectivity index (χ0v) is 9.84. The first-order valence-electron chi connectivity index (χ1n) is 4.70. The largest absolute Gasteiger partial charge is 0.273 e. The third-order valence-electron chi connectivity index (χ3n) is 2.22. The minimum absolute atomic E-state index is 0.153. The first-order chi connectivity index (χ1) is 6.86. The molecule has 0 aliphatic rings. The molecule has 0 N–H and O–H groups in total. The molecular weight excluding hydrogens is 214 g/mol. The van der Waals surface area contributed by atoms with Crippen molar-refractivity contribution in [2.45, 2.75) is 32.1 Å². The van der Waals surface area contributed by atoms with E-state index in [9.17, 15) is 10.1 Å². The Morgan fingerprint density at radius 1 is 1.40 bits per heavy atom. The minimum atomic E-state index is -0.351. The van der Waals surface area contributed by atoms with E-state index in [1.165, 1.54) is 0 Å². The van der Waals surface area contributed by atoms with Gasteiger partial charge in [0.15, 0.2) is 0 Å². The summed E-state index contributed by atoms with van der Waals surface area (Å²) in [5.41, 5.74) is 1.44. The second-order valence-corrected chi connectivity index (χ2v) is 4.76. The van der Waals surface area contributed by atoms with Crippen molar-refractivity contribution < 1.29 is 4.92 Å². The summed E-state index contributed by atoms with van der Waals surface area (Å²) in [5.74, 6) is 0.297. The van der Waals surface area contributed by atoms with Crippen molar-refractivity contribution in [3.8, 4) is 0 Å². The summed E-state index contributed by atoms with van der Waals surface area (Å²) in [7, 11) is 0. The number of nitrogens with zero attached hydrogens (tertiary/aromatic N) is 1. The maximum atomic E-state index is 10.9. The molecule has 0 fully saturated rings. The standard InChI is InChI=1S/C11H14ClNO2/c1-11(2,3)9-5-4-8(7-12)6-10(9)13(14)15/h4-6H,7H2,1-3H3. The zero-order valence-electron chi connectivity index (χ0n) is 9.08. The summed E-state index contributed by atoms with van der Waals surface area (Å²) in [6.07, 6.45) is 0. The van der Waals surface area contributed by atoms with Crippen LogP contribution in [0, 0.1) is 10.1 Å². The van der Waals surface area contributed by atoms with E-state index in [-0.39, 0.29) is 16.0 Å². The summed E-state index contributed by atoms with van der Waals surface area (Å²) in [4.78, 5) is 10.5. The van der Waals surface area contributed by atoms with Crippen molar-refractivity contribution in [2.24, 2.45) is 0 Å². The van der Waals surface area contributed by atoms with Crippen molar-refractivity contribution in [3.63, 3.8) is 0 Å². The lowest BCUT2D eigenvalue weighted by Gasteiger charge is -2.19. The van der Waals surface area contributed by atoms with Crippen LogP contribution in [0.25, 0.3) is 0 Å². The third kappa shape index (κ3) is 2.69. The van der Waals surface area contributed by atoms with Crippen LogP contribution in [0.5, 0.6) is 0 Å². The number of hydrogen-bond acceptors (Lipinski definition) is 2. The molecule has 0 atom stereocenters. The molecule has 0 unspecified atom stereocenters. The average Bonchev–Trinajstić information content (AvgIpc) is 2.15. The van der Waals surface area contributed by atoms with Gasteiger partial charge < -0.3 is 0 Å². The number of hydrogen-bond donors (Lipinski definition) is 0. The molecule has 82 valence electrons. The molecule has 0 aliphatic heterocycles. The lowest BCUT2D eigenvalue weighted by Crippen LogP contribution is -2.13. The van der Waals surface area contributed by atoms with Gasteiger partial charge >= 0.3 is 0 Å². The van der Waals surface area contributed by atoms with Gasteiger partial charge in [0.25, 0.3) is 5.69 Å². The van der Waals surface area contributed by atoms with Crippen LogP contribution in [-0.4, -0.2) is 4.92 Å². The molecule has 0 radical (unpaired) electrons. The summed E-state index contributed by atoms with van der Waals surface area (Å²) in [6, 6.07) is 5.17. The van der Waals surface area contributed by atoms with E-state index in [1.54, 1.807) is 12.1 Å².